The summed E-state index contributed by atoms with van der Waals surface area (Å²) in [4.78, 5) is 11.4. The third kappa shape index (κ3) is 5.23. The lowest BCUT2D eigenvalue weighted by atomic mass is 10.1. The van der Waals surface area contributed by atoms with Crippen LogP contribution >= 0.6 is 0 Å². The van der Waals surface area contributed by atoms with Crippen molar-refractivity contribution in [1.29, 1.82) is 0 Å². The maximum atomic E-state index is 12.3. The van der Waals surface area contributed by atoms with E-state index in [0.29, 0.717) is 6.42 Å². The second-order valence-electron chi connectivity index (χ2n) is 3.69. The summed E-state index contributed by atoms with van der Waals surface area (Å²) < 4.78 is 41.5. The molecule has 0 fully saturated rings. The molecule has 0 saturated heterocycles. The number of benzene rings is 1. The first kappa shape index (κ1) is 15.4. The van der Waals surface area contributed by atoms with E-state index in [1.54, 1.807) is 7.05 Å². The highest BCUT2D eigenvalue weighted by molar-refractivity contribution is 7.81. The van der Waals surface area contributed by atoms with Crippen LogP contribution in [0.5, 0.6) is 5.75 Å². The third-order valence-electron chi connectivity index (χ3n) is 2.39. The zero-order valence-corrected chi connectivity index (χ0v) is 11.2. The smallest absolute Gasteiger partial charge is 0.468 e. The molecular weight excluding hydrogens is 277 g/mol. The van der Waals surface area contributed by atoms with E-state index in [1.165, 1.54) is 31.4 Å². The van der Waals surface area contributed by atoms with Crippen molar-refractivity contribution in [3.63, 3.8) is 0 Å². The molecular formula is C11H14FNO5S. The van der Waals surface area contributed by atoms with Crippen molar-refractivity contribution in [1.82, 2.24) is 5.32 Å². The van der Waals surface area contributed by atoms with Gasteiger partial charge in [-0.2, -0.15) is 8.42 Å². The van der Waals surface area contributed by atoms with Crippen LogP contribution in [-0.2, 0) is 26.5 Å². The number of ether oxygens (including phenoxy) is 1. The fourth-order valence-corrected chi connectivity index (χ4v) is 1.82. The second-order valence-corrected chi connectivity index (χ2v) is 4.64. The number of esters is 1. The molecule has 0 spiro atoms. The fourth-order valence-electron chi connectivity index (χ4n) is 1.48. The summed E-state index contributed by atoms with van der Waals surface area (Å²) in [5.41, 5.74) is 0.744. The quantitative estimate of drug-likeness (QED) is 0.610. The van der Waals surface area contributed by atoms with Gasteiger partial charge >= 0.3 is 16.5 Å². The van der Waals surface area contributed by atoms with Crippen LogP contribution in [0.2, 0.25) is 0 Å². The minimum atomic E-state index is -5.02. The number of carbonyl (C=O) groups excluding carboxylic acids is 1. The Morgan fingerprint density at radius 1 is 1.37 bits per heavy atom. The predicted octanol–water partition coefficient (Wildman–Crippen LogP) is 0.583. The monoisotopic (exact) mass is 291 g/mol. The maximum Gasteiger partial charge on any atom is 0.488 e. The lowest BCUT2D eigenvalue weighted by Gasteiger charge is -2.13. The SMILES string of the molecule is CNC(Cc1ccc(OS(=O)(=O)F)cc1)C(=O)OC. The van der Waals surface area contributed by atoms with E-state index in [-0.39, 0.29) is 5.75 Å². The summed E-state index contributed by atoms with van der Waals surface area (Å²) in [5, 5.41) is 2.79. The molecule has 0 radical (unpaired) electrons. The van der Waals surface area contributed by atoms with E-state index in [9.17, 15) is 17.1 Å². The average molecular weight is 291 g/mol. The van der Waals surface area contributed by atoms with E-state index in [4.69, 9.17) is 0 Å². The van der Waals surface area contributed by atoms with Crippen molar-refractivity contribution >= 4 is 16.5 Å². The Bertz CT molecular complexity index is 529. The van der Waals surface area contributed by atoms with Crippen molar-refractivity contribution in [2.75, 3.05) is 14.2 Å². The Kier molecular flexibility index (Phi) is 5.25. The zero-order chi connectivity index (χ0) is 14.5. The number of methoxy groups -OCH3 is 1. The summed E-state index contributed by atoms with van der Waals surface area (Å²) >= 11 is 0. The lowest BCUT2D eigenvalue weighted by molar-refractivity contribution is -0.142. The number of halogens is 1. The highest BCUT2D eigenvalue weighted by Crippen LogP contribution is 2.16. The molecule has 1 aromatic rings. The standard InChI is InChI=1S/C11H14FNO5S/c1-13-10(11(14)17-2)7-8-3-5-9(6-4-8)18-19(12,15)16/h3-6,10,13H,7H2,1-2H3. The molecule has 0 saturated carbocycles. The molecule has 1 aromatic carbocycles. The van der Waals surface area contributed by atoms with Crippen molar-refractivity contribution in [3.05, 3.63) is 29.8 Å². The van der Waals surface area contributed by atoms with Gasteiger partial charge in [-0.05, 0) is 31.2 Å². The Morgan fingerprint density at radius 3 is 2.37 bits per heavy atom. The van der Waals surface area contributed by atoms with E-state index in [0.717, 1.165) is 5.56 Å². The van der Waals surface area contributed by atoms with Gasteiger partial charge in [0.05, 0.1) is 7.11 Å². The van der Waals surface area contributed by atoms with Crippen LogP contribution in [-0.4, -0.2) is 34.6 Å². The molecule has 8 heteroatoms. The van der Waals surface area contributed by atoms with Gasteiger partial charge in [0.1, 0.15) is 11.8 Å². The summed E-state index contributed by atoms with van der Waals surface area (Å²) in [6.45, 7) is 0. The minimum Gasteiger partial charge on any atom is -0.468 e. The van der Waals surface area contributed by atoms with Crippen molar-refractivity contribution in [3.8, 4) is 5.75 Å². The normalized spacial score (nSPS) is 12.8. The van der Waals surface area contributed by atoms with Crippen LogP contribution in [0.3, 0.4) is 0 Å². The molecule has 0 aliphatic rings. The molecule has 0 aliphatic carbocycles. The fraction of sp³-hybridized carbons (Fsp3) is 0.364. The second kappa shape index (κ2) is 6.48. The van der Waals surface area contributed by atoms with E-state index in [2.05, 4.69) is 14.2 Å². The van der Waals surface area contributed by atoms with Gasteiger partial charge in [0.2, 0.25) is 0 Å². The van der Waals surface area contributed by atoms with Crippen LogP contribution in [0, 0.1) is 0 Å². The molecule has 0 amide bonds. The third-order valence-corrected chi connectivity index (χ3v) is 2.78. The summed E-state index contributed by atoms with van der Waals surface area (Å²) in [6, 6.07) is 5.16. The number of carbonyl (C=O) groups is 1. The average Bonchev–Trinajstić information content (AvgIpc) is 2.35. The lowest BCUT2D eigenvalue weighted by Crippen LogP contribution is -2.36. The molecule has 0 aromatic heterocycles. The van der Waals surface area contributed by atoms with Gasteiger partial charge in [-0.1, -0.05) is 16.0 Å². The van der Waals surface area contributed by atoms with Crippen molar-refractivity contribution in [2.45, 2.75) is 12.5 Å². The van der Waals surface area contributed by atoms with Crippen LogP contribution in [0.25, 0.3) is 0 Å². The van der Waals surface area contributed by atoms with E-state index >= 15 is 0 Å². The first-order chi connectivity index (χ1) is 8.85. The van der Waals surface area contributed by atoms with E-state index in [1.807, 2.05) is 0 Å². The predicted molar refractivity (Wildman–Crippen MR) is 65.7 cm³/mol. The largest absolute Gasteiger partial charge is 0.488 e. The maximum absolute atomic E-state index is 12.3. The number of likely N-dealkylation sites (N-methyl/N-ethyl adjacent to an activating group) is 1. The number of rotatable bonds is 6. The molecule has 1 atom stereocenters. The highest BCUT2D eigenvalue weighted by atomic mass is 32.3. The Morgan fingerprint density at radius 2 is 1.95 bits per heavy atom. The van der Waals surface area contributed by atoms with Gasteiger partial charge in [-0.15, -0.1) is 0 Å². The van der Waals surface area contributed by atoms with Gasteiger partial charge in [0.25, 0.3) is 0 Å². The molecule has 0 bridgehead atoms. The van der Waals surface area contributed by atoms with Gasteiger partial charge in [-0.3, -0.25) is 4.79 Å². The van der Waals surface area contributed by atoms with Crippen LogP contribution < -0.4 is 9.50 Å². The number of hydrogen-bond acceptors (Lipinski definition) is 6. The van der Waals surface area contributed by atoms with Gasteiger partial charge < -0.3 is 14.2 Å². The van der Waals surface area contributed by atoms with Gasteiger partial charge in [0.15, 0.2) is 0 Å². The molecule has 0 heterocycles. The molecule has 1 N–H and O–H groups in total. The number of nitrogens with one attached hydrogen (secondary N) is 1. The first-order valence-corrected chi connectivity index (χ1v) is 6.64. The Labute approximate surface area is 110 Å². The molecule has 19 heavy (non-hydrogen) atoms. The molecule has 0 aliphatic heterocycles. The minimum absolute atomic E-state index is 0.134. The molecule has 6 nitrogen and oxygen atoms in total. The van der Waals surface area contributed by atoms with Crippen LogP contribution in [0.1, 0.15) is 5.56 Å². The molecule has 1 unspecified atom stereocenters. The summed E-state index contributed by atoms with van der Waals surface area (Å²) in [7, 11) is -2.11. The number of hydrogen-bond donors (Lipinski definition) is 1. The zero-order valence-electron chi connectivity index (χ0n) is 10.4. The summed E-state index contributed by atoms with van der Waals surface area (Å²) in [5.74, 6) is -0.542. The van der Waals surface area contributed by atoms with E-state index < -0.39 is 22.5 Å². The van der Waals surface area contributed by atoms with Crippen LogP contribution in [0.4, 0.5) is 3.89 Å². The Hall–Kier alpha value is -1.67. The van der Waals surface area contributed by atoms with Gasteiger partial charge in [0, 0.05) is 0 Å². The topological polar surface area (TPSA) is 81.7 Å². The molecule has 106 valence electrons. The van der Waals surface area contributed by atoms with Gasteiger partial charge in [-0.25, -0.2) is 0 Å². The van der Waals surface area contributed by atoms with Crippen LogP contribution in [0.15, 0.2) is 24.3 Å². The highest BCUT2D eigenvalue weighted by Gasteiger charge is 2.17. The Balaban J connectivity index is 2.73. The first-order valence-electron chi connectivity index (χ1n) is 5.34. The summed E-state index contributed by atoms with van der Waals surface area (Å²) in [6.07, 6.45) is 0.353. The molecule has 1 rings (SSSR count). The van der Waals surface area contributed by atoms with Crippen molar-refractivity contribution < 1.29 is 26.0 Å². The van der Waals surface area contributed by atoms with Crippen molar-refractivity contribution in [2.24, 2.45) is 0 Å².